The van der Waals surface area contributed by atoms with E-state index < -0.39 is 0 Å². The van der Waals surface area contributed by atoms with Crippen LogP contribution in [0.4, 0.5) is 5.95 Å². The van der Waals surface area contributed by atoms with Crippen molar-refractivity contribution in [1.29, 1.82) is 0 Å². The summed E-state index contributed by atoms with van der Waals surface area (Å²) in [6, 6.07) is 8.21. The Morgan fingerprint density at radius 2 is 1.89 bits per heavy atom. The van der Waals surface area contributed by atoms with Gasteiger partial charge in [0.25, 0.3) is 5.91 Å². The summed E-state index contributed by atoms with van der Waals surface area (Å²) >= 11 is 0. The number of hydrogen-bond acceptors (Lipinski definition) is 5. The number of carbonyl (C=O) groups excluding carboxylic acids is 2. The Morgan fingerprint density at radius 3 is 2.64 bits per heavy atom. The first-order chi connectivity index (χ1) is 13.7. The number of H-pyrrole nitrogens is 1. The zero-order chi connectivity index (χ0) is 19.3. The van der Waals surface area contributed by atoms with E-state index in [4.69, 9.17) is 0 Å². The largest absolute Gasteiger partial charge is 0.361 e. The second-order valence-corrected chi connectivity index (χ2v) is 6.77. The fraction of sp³-hybridized carbons (Fsp3) is 0.300. The molecule has 8 heteroatoms. The van der Waals surface area contributed by atoms with Crippen LogP contribution in [0.25, 0.3) is 10.9 Å². The number of rotatable bonds is 6. The molecule has 1 aromatic carbocycles. The first-order valence-corrected chi connectivity index (χ1v) is 9.34. The Balaban J connectivity index is 1.31. The van der Waals surface area contributed by atoms with Gasteiger partial charge in [0.15, 0.2) is 0 Å². The van der Waals surface area contributed by atoms with Crippen LogP contribution in [-0.4, -0.2) is 69.8 Å². The van der Waals surface area contributed by atoms with E-state index in [1.54, 1.807) is 22.2 Å². The van der Waals surface area contributed by atoms with Gasteiger partial charge in [-0.3, -0.25) is 9.59 Å². The quantitative estimate of drug-likeness (QED) is 0.635. The molecule has 2 amide bonds. The second-order valence-electron chi connectivity index (χ2n) is 6.77. The summed E-state index contributed by atoms with van der Waals surface area (Å²) in [5, 5.41) is 4.42. The van der Waals surface area contributed by atoms with E-state index in [2.05, 4.69) is 32.4 Å². The number of nitrogens with zero attached hydrogens (tertiary/aromatic N) is 4. The maximum absolute atomic E-state index is 12.5. The molecule has 0 unspecified atom stereocenters. The number of piperazine rings is 1. The molecule has 8 nitrogen and oxygen atoms in total. The summed E-state index contributed by atoms with van der Waals surface area (Å²) in [4.78, 5) is 38.5. The van der Waals surface area contributed by atoms with Crippen molar-refractivity contribution < 1.29 is 9.59 Å². The molecule has 3 aromatic rings. The molecule has 0 saturated carbocycles. The topological polar surface area (TPSA) is 94.2 Å². The lowest BCUT2D eigenvalue weighted by Crippen LogP contribution is -2.48. The van der Waals surface area contributed by atoms with Gasteiger partial charge in [-0.25, -0.2) is 9.97 Å². The van der Waals surface area contributed by atoms with Crippen molar-refractivity contribution in [2.75, 3.05) is 38.0 Å². The van der Waals surface area contributed by atoms with E-state index in [1.165, 1.54) is 10.9 Å². The van der Waals surface area contributed by atoms with E-state index in [-0.39, 0.29) is 5.91 Å². The van der Waals surface area contributed by atoms with Crippen molar-refractivity contribution >= 4 is 29.2 Å². The van der Waals surface area contributed by atoms with Gasteiger partial charge in [0.05, 0.1) is 5.56 Å². The van der Waals surface area contributed by atoms with Gasteiger partial charge >= 0.3 is 0 Å². The Morgan fingerprint density at radius 1 is 1.14 bits per heavy atom. The zero-order valence-corrected chi connectivity index (χ0v) is 15.5. The molecule has 0 radical (unpaired) electrons. The van der Waals surface area contributed by atoms with Crippen molar-refractivity contribution in [3.05, 3.63) is 54.0 Å². The number of benzene rings is 1. The standard InChI is InChI=1S/C20H22N6O2/c27-14-25-7-9-26(10-8-25)19(28)16-12-23-20(24-13-16)21-6-5-15-11-22-18-4-2-1-3-17(15)18/h1-4,11-14,22H,5-10H2,(H,21,23,24). The van der Waals surface area contributed by atoms with Crippen LogP contribution in [0.5, 0.6) is 0 Å². The number of carbonyl (C=O) groups is 2. The van der Waals surface area contributed by atoms with E-state index in [9.17, 15) is 9.59 Å². The molecule has 1 fully saturated rings. The number of para-hydroxylation sites is 1. The van der Waals surface area contributed by atoms with Crippen LogP contribution in [0.15, 0.2) is 42.9 Å². The van der Waals surface area contributed by atoms with Gasteiger partial charge in [0.2, 0.25) is 12.4 Å². The molecular formula is C20H22N6O2. The first kappa shape index (κ1) is 18.0. The average molecular weight is 378 g/mol. The SMILES string of the molecule is O=CN1CCN(C(=O)c2cnc(NCCc3c[nH]c4ccccc34)nc2)CC1. The molecule has 4 rings (SSSR count). The molecule has 0 bridgehead atoms. The average Bonchev–Trinajstić information content (AvgIpc) is 3.17. The highest BCUT2D eigenvalue weighted by atomic mass is 16.2. The molecule has 1 saturated heterocycles. The predicted molar refractivity (Wildman–Crippen MR) is 106 cm³/mol. The van der Waals surface area contributed by atoms with E-state index in [0.29, 0.717) is 44.2 Å². The minimum Gasteiger partial charge on any atom is -0.361 e. The third kappa shape index (κ3) is 3.80. The molecule has 28 heavy (non-hydrogen) atoms. The molecular weight excluding hydrogens is 356 g/mol. The molecule has 1 aliphatic rings. The monoisotopic (exact) mass is 378 g/mol. The van der Waals surface area contributed by atoms with Crippen LogP contribution in [0.1, 0.15) is 15.9 Å². The Bertz CT molecular complexity index is 960. The van der Waals surface area contributed by atoms with Crippen molar-refractivity contribution in [1.82, 2.24) is 24.8 Å². The number of nitrogens with one attached hydrogen (secondary N) is 2. The summed E-state index contributed by atoms with van der Waals surface area (Å²) < 4.78 is 0. The number of aromatic nitrogens is 3. The first-order valence-electron chi connectivity index (χ1n) is 9.34. The summed E-state index contributed by atoms with van der Waals surface area (Å²) in [5.41, 5.74) is 2.83. The number of fused-ring (bicyclic) bond motifs is 1. The van der Waals surface area contributed by atoms with Gasteiger partial charge in [0.1, 0.15) is 0 Å². The Hall–Kier alpha value is -3.42. The second kappa shape index (κ2) is 8.08. The number of hydrogen-bond donors (Lipinski definition) is 2. The fourth-order valence-corrected chi connectivity index (χ4v) is 3.39. The fourth-order valence-electron chi connectivity index (χ4n) is 3.39. The lowest BCUT2D eigenvalue weighted by Gasteiger charge is -2.32. The summed E-state index contributed by atoms with van der Waals surface area (Å²) in [5.74, 6) is 0.401. The smallest absolute Gasteiger partial charge is 0.257 e. The number of anilines is 1. The van der Waals surface area contributed by atoms with Gasteiger partial charge in [-0.1, -0.05) is 18.2 Å². The molecule has 144 valence electrons. The number of amides is 2. The van der Waals surface area contributed by atoms with Crippen LogP contribution < -0.4 is 5.32 Å². The van der Waals surface area contributed by atoms with E-state index in [1.807, 2.05) is 18.3 Å². The minimum atomic E-state index is -0.101. The molecule has 2 aromatic heterocycles. The van der Waals surface area contributed by atoms with Gasteiger partial charge in [-0.05, 0) is 18.1 Å². The predicted octanol–water partition coefficient (Wildman–Crippen LogP) is 1.53. The van der Waals surface area contributed by atoms with Crippen molar-refractivity contribution in [2.24, 2.45) is 0 Å². The van der Waals surface area contributed by atoms with Gasteiger partial charge in [-0.15, -0.1) is 0 Å². The van der Waals surface area contributed by atoms with Crippen molar-refractivity contribution in [3.63, 3.8) is 0 Å². The molecule has 0 aliphatic carbocycles. The maximum atomic E-state index is 12.5. The third-order valence-electron chi connectivity index (χ3n) is 5.00. The number of aromatic amines is 1. The van der Waals surface area contributed by atoms with Crippen LogP contribution >= 0.6 is 0 Å². The highest BCUT2D eigenvalue weighted by Gasteiger charge is 2.21. The zero-order valence-electron chi connectivity index (χ0n) is 15.5. The van der Waals surface area contributed by atoms with Crippen LogP contribution in [0, 0.1) is 0 Å². The van der Waals surface area contributed by atoms with E-state index >= 15 is 0 Å². The summed E-state index contributed by atoms with van der Waals surface area (Å²) in [7, 11) is 0. The van der Waals surface area contributed by atoms with Crippen molar-refractivity contribution in [3.8, 4) is 0 Å². The van der Waals surface area contributed by atoms with Gasteiger partial charge < -0.3 is 20.1 Å². The molecule has 0 spiro atoms. The molecule has 3 heterocycles. The Kier molecular flexibility index (Phi) is 5.18. The summed E-state index contributed by atoms with van der Waals surface area (Å²) in [6.07, 6.45) is 6.79. The lowest BCUT2D eigenvalue weighted by atomic mass is 10.1. The lowest BCUT2D eigenvalue weighted by molar-refractivity contribution is -0.119. The van der Waals surface area contributed by atoms with Gasteiger partial charge in [0, 0.05) is 62.2 Å². The van der Waals surface area contributed by atoms with Gasteiger partial charge in [-0.2, -0.15) is 0 Å². The highest BCUT2D eigenvalue weighted by Crippen LogP contribution is 2.18. The normalized spacial score (nSPS) is 14.3. The Labute approximate surface area is 162 Å². The van der Waals surface area contributed by atoms with Crippen LogP contribution in [0.2, 0.25) is 0 Å². The summed E-state index contributed by atoms with van der Waals surface area (Å²) in [6.45, 7) is 2.88. The molecule has 1 aliphatic heterocycles. The maximum Gasteiger partial charge on any atom is 0.257 e. The van der Waals surface area contributed by atoms with Crippen LogP contribution in [-0.2, 0) is 11.2 Å². The highest BCUT2D eigenvalue weighted by molar-refractivity contribution is 5.93. The molecule has 0 atom stereocenters. The van der Waals surface area contributed by atoms with Crippen LogP contribution in [0.3, 0.4) is 0 Å². The van der Waals surface area contributed by atoms with E-state index in [0.717, 1.165) is 18.3 Å². The minimum absolute atomic E-state index is 0.101. The van der Waals surface area contributed by atoms with Crippen molar-refractivity contribution in [2.45, 2.75) is 6.42 Å². The molecule has 2 N–H and O–H groups in total. The third-order valence-corrected chi connectivity index (χ3v) is 5.00.